The molecule has 198 valence electrons. The number of alkyl halides is 1. The summed E-state index contributed by atoms with van der Waals surface area (Å²) in [5.74, 6) is 0.923. The molecule has 2 aliphatic rings. The molecule has 2 fully saturated rings. The number of hydrogen-bond acceptors (Lipinski definition) is 9. The number of aryl methyl sites for hydroxylation is 1. The zero-order valence-electron chi connectivity index (χ0n) is 21.4. The fourth-order valence-electron chi connectivity index (χ4n) is 5.26. The summed E-state index contributed by atoms with van der Waals surface area (Å²) in [4.78, 5) is 13.9. The molecule has 0 radical (unpaired) electrons. The molecule has 2 atom stereocenters. The summed E-state index contributed by atoms with van der Waals surface area (Å²) in [5, 5.41) is 15.1. The Morgan fingerprint density at radius 1 is 1.30 bits per heavy atom. The Labute approximate surface area is 221 Å². The van der Waals surface area contributed by atoms with E-state index < -0.39 is 6.17 Å². The molecular weight excluding hydrogens is 495 g/mol. The smallest absolute Gasteiger partial charge is 0.320 e. The van der Waals surface area contributed by atoms with Crippen molar-refractivity contribution >= 4 is 33.8 Å². The van der Waals surface area contributed by atoms with E-state index in [1.807, 2.05) is 18.7 Å². The predicted molar refractivity (Wildman–Crippen MR) is 144 cm³/mol. The number of likely N-dealkylation sites (tertiary alicyclic amines) is 1. The molecule has 2 saturated heterocycles. The molecule has 2 aliphatic heterocycles. The normalized spacial score (nSPS) is 20.7. The van der Waals surface area contributed by atoms with E-state index in [2.05, 4.69) is 32.1 Å². The van der Waals surface area contributed by atoms with Crippen LogP contribution < -0.4 is 9.64 Å². The number of anilines is 1. The van der Waals surface area contributed by atoms with Crippen LogP contribution in [0.15, 0.2) is 24.4 Å². The first-order chi connectivity index (χ1) is 17.9. The molecule has 9 nitrogen and oxygen atoms in total. The standard InChI is InChI=1S/C26H33FN6O3S/c1-16-8-18-11-28-33(25-10-24(29-26(30-25)35-3)32(6-7-34)12-17(2)37)23(18)9-21(16)20-4-5-31(13-22(20)27)19-14-36-15-19/h8-11,19-20,22,34H,4-7,12-15H2,1-3H3. The fraction of sp³-hybridized carbons (Fsp3) is 0.538. The van der Waals surface area contributed by atoms with Crippen LogP contribution >= 0.6 is 12.2 Å². The van der Waals surface area contributed by atoms with Gasteiger partial charge in [0.1, 0.15) is 12.0 Å². The lowest BCUT2D eigenvalue weighted by atomic mass is 9.84. The first-order valence-electron chi connectivity index (χ1n) is 12.6. The molecule has 0 saturated carbocycles. The van der Waals surface area contributed by atoms with Gasteiger partial charge in [-0.15, -0.1) is 0 Å². The number of aliphatic hydroxyl groups is 1. The summed E-state index contributed by atoms with van der Waals surface area (Å²) in [6, 6.07) is 6.46. The molecule has 1 aromatic carbocycles. The van der Waals surface area contributed by atoms with Gasteiger partial charge in [-0.1, -0.05) is 12.2 Å². The molecule has 11 heteroatoms. The third kappa shape index (κ3) is 5.31. The number of rotatable bonds is 9. The van der Waals surface area contributed by atoms with E-state index in [1.54, 1.807) is 16.9 Å². The van der Waals surface area contributed by atoms with Gasteiger partial charge < -0.3 is 19.5 Å². The zero-order chi connectivity index (χ0) is 26.1. The van der Waals surface area contributed by atoms with Crippen LogP contribution in [0.3, 0.4) is 0 Å². The van der Waals surface area contributed by atoms with Gasteiger partial charge in [-0.05, 0) is 50.1 Å². The van der Waals surface area contributed by atoms with Crippen molar-refractivity contribution in [2.75, 3.05) is 58.0 Å². The molecule has 5 rings (SSSR count). The average molecular weight is 529 g/mol. The number of nitrogens with zero attached hydrogens (tertiary/aromatic N) is 6. The summed E-state index contributed by atoms with van der Waals surface area (Å²) >= 11 is 5.30. The number of aliphatic hydroxyl groups excluding tert-OH is 1. The number of piperidine rings is 1. The topological polar surface area (TPSA) is 88.8 Å². The number of thiocarbonyl (C=S) groups is 1. The van der Waals surface area contributed by atoms with Crippen molar-refractivity contribution in [2.45, 2.75) is 38.4 Å². The number of aromatic nitrogens is 4. The minimum absolute atomic E-state index is 0.0470. The third-order valence-corrected chi connectivity index (χ3v) is 7.38. The molecule has 0 bridgehead atoms. The van der Waals surface area contributed by atoms with Crippen molar-refractivity contribution in [3.05, 3.63) is 35.5 Å². The number of halogens is 1. The molecule has 0 aliphatic carbocycles. The largest absolute Gasteiger partial charge is 0.467 e. The van der Waals surface area contributed by atoms with Gasteiger partial charge in [-0.3, -0.25) is 4.90 Å². The monoisotopic (exact) mass is 528 g/mol. The van der Waals surface area contributed by atoms with E-state index in [9.17, 15) is 5.11 Å². The van der Waals surface area contributed by atoms with E-state index in [0.717, 1.165) is 39.9 Å². The van der Waals surface area contributed by atoms with Crippen LogP contribution in [0.1, 0.15) is 30.4 Å². The Morgan fingerprint density at radius 2 is 2.11 bits per heavy atom. The molecule has 4 heterocycles. The van der Waals surface area contributed by atoms with Gasteiger partial charge in [0, 0.05) is 35.3 Å². The first-order valence-corrected chi connectivity index (χ1v) is 13.0. The lowest BCUT2D eigenvalue weighted by Gasteiger charge is -2.43. The summed E-state index contributed by atoms with van der Waals surface area (Å²) in [6.45, 7) is 7.36. The molecule has 0 amide bonds. The van der Waals surface area contributed by atoms with Crippen LogP contribution in [-0.2, 0) is 4.74 Å². The summed E-state index contributed by atoms with van der Waals surface area (Å²) < 4.78 is 27.9. The van der Waals surface area contributed by atoms with E-state index in [-0.39, 0.29) is 18.5 Å². The quantitative estimate of drug-likeness (QED) is 0.421. The van der Waals surface area contributed by atoms with Gasteiger partial charge in [-0.25, -0.2) is 9.07 Å². The Morgan fingerprint density at radius 3 is 2.76 bits per heavy atom. The van der Waals surface area contributed by atoms with E-state index in [1.165, 1.54) is 7.11 Å². The highest BCUT2D eigenvalue weighted by atomic mass is 32.1. The highest BCUT2D eigenvalue weighted by molar-refractivity contribution is 7.80. The van der Waals surface area contributed by atoms with E-state index in [4.69, 9.17) is 21.7 Å². The van der Waals surface area contributed by atoms with Gasteiger partial charge >= 0.3 is 6.01 Å². The van der Waals surface area contributed by atoms with Crippen molar-refractivity contribution < 1.29 is 19.0 Å². The molecular formula is C26H33FN6O3S. The Hall–Kier alpha value is -2.73. The van der Waals surface area contributed by atoms with Gasteiger partial charge in [0.05, 0.1) is 51.2 Å². The predicted octanol–water partition coefficient (Wildman–Crippen LogP) is 2.85. The third-order valence-electron chi connectivity index (χ3n) is 7.25. The van der Waals surface area contributed by atoms with Gasteiger partial charge in [0.15, 0.2) is 5.82 Å². The van der Waals surface area contributed by atoms with E-state index in [0.29, 0.717) is 50.5 Å². The van der Waals surface area contributed by atoms with Crippen LogP contribution in [0.5, 0.6) is 6.01 Å². The summed E-state index contributed by atoms with van der Waals surface area (Å²) in [6.07, 6.45) is 1.60. The number of ether oxygens (including phenoxy) is 2. The minimum Gasteiger partial charge on any atom is -0.467 e. The van der Waals surface area contributed by atoms with Crippen LogP contribution in [0.25, 0.3) is 16.7 Å². The minimum atomic E-state index is -0.947. The molecule has 3 aromatic rings. The summed E-state index contributed by atoms with van der Waals surface area (Å²) in [5.41, 5.74) is 2.91. The van der Waals surface area contributed by atoms with Gasteiger partial charge in [-0.2, -0.15) is 15.1 Å². The zero-order valence-corrected chi connectivity index (χ0v) is 22.2. The van der Waals surface area contributed by atoms with Crippen molar-refractivity contribution in [2.24, 2.45) is 0 Å². The fourth-order valence-corrected chi connectivity index (χ4v) is 5.41. The second-order valence-electron chi connectivity index (χ2n) is 9.84. The number of hydrogen-bond donors (Lipinski definition) is 1. The van der Waals surface area contributed by atoms with Crippen molar-refractivity contribution in [3.63, 3.8) is 0 Å². The van der Waals surface area contributed by atoms with Crippen LogP contribution in [0, 0.1) is 6.92 Å². The van der Waals surface area contributed by atoms with Crippen molar-refractivity contribution in [1.29, 1.82) is 0 Å². The number of benzene rings is 1. The molecule has 2 aromatic heterocycles. The van der Waals surface area contributed by atoms with E-state index >= 15 is 4.39 Å². The molecule has 0 spiro atoms. The van der Waals surface area contributed by atoms with Crippen LogP contribution in [-0.4, -0.2) is 99.9 Å². The highest BCUT2D eigenvalue weighted by Gasteiger charge is 2.36. The highest BCUT2D eigenvalue weighted by Crippen LogP contribution is 2.36. The first kappa shape index (κ1) is 25.9. The number of fused-ring (bicyclic) bond motifs is 1. The SMILES string of the molecule is COc1nc(N(CCO)CC(C)=S)cc(-n2ncc3cc(C)c(C4CCN(C5COC5)CC4F)cc32)n1. The maximum absolute atomic E-state index is 15.5. The van der Waals surface area contributed by atoms with Crippen molar-refractivity contribution in [3.8, 4) is 11.8 Å². The van der Waals surface area contributed by atoms with Gasteiger partial charge in [0.2, 0.25) is 0 Å². The lowest BCUT2D eigenvalue weighted by Crippen LogP contribution is -2.54. The van der Waals surface area contributed by atoms with Crippen LogP contribution in [0.4, 0.5) is 10.2 Å². The second-order valence-corrected chi connectivity index (χ2v) is 10.5. The molecule has 37 heavy (non-hydrogen) atoms. The Balaban J connectivity index is 1.50. The summed E-state index contributed by atoms with van der Waals surface area (Å²) in [7, 11) is 1.51. The van der Waals surface area contributed by atoms with Crippen LogP contribution in [0.2, 0.25) is 0 Å². The van der Waals surface area contributed by atoms with Gasteiger partial charge in [0.25, 0.3) is 0 Å². The molecule has 2 unspecified atom stereocenters. The number of methoxy groups -OCH3 is 1. The maximum atomic E-state index is 15.5. The average Bonchev–Trinajstić information content (AvgIpc) is 3.24. The van der Waals surface area contributed by atoms with Crippen molar-refractivity contribution in [1.82, 2.24) is 24.6 Å². The Kier molecular flexibility index (Phi) is 7.66. The second kappa shape index (κ2) is 10.9. The lowest BCUT2D eigenvalue weighted by molar-refractivity contribution is -0.0807. The maximum Gasteiger partial charge on any atom is 0.320 e. The Bertz CT molecular complexity index is 1280. The molecule has 1 N–H and O–H groups in total.